The van der Waals surface area contributed by atoms with Crippen LogP contribution in [0.5, 0.6) is 0 Å². The largest absolute Gasteiger partial charge is 0.378 e. The molecular formula is C25H20Cl2FN3OS. The van der Waals surface area contributed by atoms with Crippen LogP contribution in [0.1, 0.15) is 11.1 Å². The van der Waals surface area contributed by atoms with Gasteiger partial charge in [-0.3, -0.25) is 9.69 Å². The average molecular weight is 500 g/mol. The Morgan fingerprint density at radius 2 is 1.79 bits per heavy atom. The first-order valence-electron chi connectivity index (χ1n) is 10.1. The lowest BCUT2D eigenvalue weighted by Gasteiger charge is -2.17. The summed E-state index contributed by atoms with van der Waals surface area (Å²) >= 11 is 13.6. The molecule has 1 heterocycles. The zero-order chi connectivity index (χ0) is 23.5. The Labute approximate surface area is 206 Å². The average Bonchev–Trinajstić information content (AvgIpc) is 3.06. The maximum Gasteiger partial charge on any atom is 0.267 e. The van der Waals surface area contributed by atoms with E-state index in [0.29, 0.717) is 25.7 Å². The molecule has 0 bridgehead atoms. The van der Waals surface area contributed by atoms with Crippen LogP contribution in [0.15, 0.2) is 76.6 Å². The minimum Gasteiger partial charge on any atom is -0.378 e. The third-order valence-corrected chi connectivity index (χ3v) is 6.60. The summed E-state index contributed by atoms with van der Waals surface area (Å²) in [5.41, 5.74) is 2.82. The summed E-state index contributed by atoms with van der Waals surface area (Å²) in [7, 11) is 3.93. The van der Waals surface area contributed by atoms with E-state index >= 15 is 0 Å². The molecule has 0 atom stereocenters. The molecule has 0 saturated carbocycles. The second kappa shape index (κ2) is 10.00. The van der Waals surface area contributed by atoms with E-state index in [1.54, 1.807) is 36.4 Å². The molecule has 3 aromatic carbocycles. The number of benzene rings is 3. The zero-order valence-electron chi connectivity index (χ0n) is 17.9. The van der Waals surface area contributed by atoms with Gasteiger partial charge in [0.1, 0.15) is 11.5 Å². The van der Waals surface area contributed by atoms with Crippen molar-refractivity contribution in [2.75, 3.05) is 19.0 Å². The molecule has 0 radical (unpaired) electrons. The van der Waals surface area contributed by atoms with E-state index in [1.165, 1.54) is 22.7 Å². The predicted octanol–water partition coefficient (Wildman–Crippen LogP) is 7.00. The van der Waals surface area contributed by atoms with Gasteiger partial charge in [0.25, 0.3) is 5.91 Å². The van der Waals surface area contributed by atoms with E-state index in [1.807, 2.05) is 49.3 Å². The molecule has 3 aromatic rings. The highest BCUT2D eigenvalue weighted by Crippen LogP contribution is 2.36. The van der Waals surface area contributed by atoms with Crippen molar-refractivity contribution in [2.45, 2.75) is 6.54 Å². The number of anilines is 1. The molecule has 0 unspecified atom stereocenters. The van der Waals surface area contributed by atoms with Gasteiger partial charge in [-0.25, -0.2) is 9.38 Å². The van der Waals surface area contributed by atoms with E-state index < -0.39 is 5.82 Å². The first-order chi connectivity index (χ1) is 15.8. The van der Waals surface area contributed by atoms with Crippen molar-refractivity contribution >= 4 is 63.5 Å². The van der Waals surface area contributed by atoms with Crippen molar-refractivity contribution in [3.8, 4) is 0 Å². The van der Waals surface area contributed by atoms with E-state index in [0.717, 1.165) is 11.3 Å². The van der Waals surface area contributed by atoms with Crippen molar-refractivity contribution in [2.24, 2.45) is 4.99 Å². The maximum atomic E-state index is 14.3. The molecule has 4 rings (SSSR count). The SMILES string of the molecule is CN(C)c1ccc(/C=C2/SC(=Nc3ccccc3F)N(Cc3ccc(Cl)cc3Cl)C2=O)cc1. The fraction of sp³-hybridized carbons (Fsp3) is 0.120. The monoisotopic (exact) mass is 499 g/mol. The van der Waals surface area contributed by atoms with Crippen LogP contribution in [-0.4, -0.2) is 30.1 Å². The minimum absolute atomic E-state index is 0.164. The molecule has 4 nitrogen and oxygen atoms in total. The van der Waals surface area contributed by atoms with Gasteiger partial charge >= 0.3 is 0 Å². The van der Waals surface area contributed by atoms with Crippen molar-refractivity contribution in [1.29, 1.82) is 0 Å². The number of aliphatic imine (C=N–C) groups is 1. The van der Waals surface area contributed by atoms with Gasteiger partial charge in [-0.1, -0.05) is 53.5 Å². The number of thioether (sulfide) groups is 1. The highest BCUT2D eigenvalue weighted by Gasteiger charge is 2.34. The molecule has 168 valence electrons. The summed E-state index contributed by atoms with van der Waals surface area (Å²) in [6.07, 6.45) is 1.81. The molecular weight excluding hydrogens is 480 g/mol. The summed E-state index contributed by atoms with van der Waals surface area (Å²) in [6.45, 7) is 0.187. The molecule has 1 amide bonds. The zero-order valence-corrected chi connectivity index (χ0v) is 20.3. The third-order valence-electron chi connectivity index (χ3n) is 5.01. The molecule has 0 N–H and O–H groups in total. The number of para-hydroxylation sites is 1. The second-order valence-corrected chi connectivity index (χ2v) is 9.42. The topological polar surface area (TPSA) is 35.9 Å². The summed E-state index contributed by atoms with van der Waals surface area (Å²) in [6, 6.07) is 19.2. The Balaban J connectivity index is 1.71. The maximum absolute atomic E-state index is 14.3. The van der Waals surface area contributed by atoms with Gasteiger partial charge in [0, 0.05) is 29.8 Å². The Morgan fingerprint density at radius 1 is 1.06 bits per heavy atom. The normalized spacial score (nSPS) is 16.2. The van der Waals surface area contributed by atoms with E-state index in [4.69, 9.17) is 23.2 Å². The molecule has 1 aliphatic rings. The first-order valence-corrected chi connectivity index (χ1v) is 11.6. The molecule has 1 aliphatic heterocycles. The number of hydrogen-bond acceptors (Lipinski definition) is 4. The highest BCUT2D eigenvalue weighted by atomic mass is 35.5. The standard InChI is InChI=1S/C25H20Cl2FN3OS/c1-30(2)19-11-7-16(8-12-19)13-23-24(32)31(15-17-9-10-18(26)14-20(17)27)25(33-23)29-22-6-4-3-5-21(22)28/h3-14H,15H2,1-2H3/b23-13+,29-25?. The van der Waals surface area contributed by atoms with Crippen LogP contribution >= 0.6 is 35.0 Å². The van der Waals surface area contributed by atoms with Crippen LogP contribution in [0.3, 0.4) is 0 Å². The van der Waals surface area contributed by atoms with Crippen LogP contribution in [0.4, 0.5) is 15.8 Å². The number of hydrogen-bond donors (Lipinski definition) is 0. The number of amides is 1. The summed E-state index contributed by atoms with van der Waals surface area (Å²) in [5.74, 6) is -0.683. The van der Waals surface area contributed by atoms with Crippen LogP contribution in [-0.2, 0) is 11.3 Å². The van der Waals surface area contributed by atoms with Crippen molar-refractivity contribution in [3.05, 3.63) is 98.6 Å². The van der Waals surface area contributed by atoms with Gasteiger partial charge < -0.3 is 4.90 Å². The predicted molar refractivity (Wildman–Crippen MR) is 137 cm³/mol. The summed E-state index contributed by atoms with van der Waals surface area (Å²) < 4.78 is 14.3. The lowest BCUT2D eigenvalue weighted by Crippen LogP contribution is -2.28. The number of halogens is 3. The molecule has 0 aliphatic carbocycles. The van der Waals surface area contributed by atoms with Crippen LogP contribution in [0, 0.1) is 5.82 Å². The number of nitrogens with zero attached hydrogens (tertiary/aromatic N) is 3. The van der Waals surface area contributed by atoms with Gasteiger partial charge in [-0.2, -0.15) is 0 Å². The van der Waals surface area contributed by atoms with E-state index in [2.05, 4.69) is 4.99 Å². The van der Waals surface area contributed by atoms with Crippen molar-refractivity contribution in [3.63, 3.8) is 0 Å². The Bertz CT molecular complexity index is 1260. The van der Waals surface area contributed by atoms with Gasteiger partial charge in [-0.15, -0.1) is 0 Å². The molecule has 0 spiro atoms. The van der Waals surface area contributed by atoms with Gasteiger partial charge in [0.2, 0.25) is 0 Å². The molecule has 8 heteroatoms. The van der Waals surface area contributed by atoms with Gasteiger partial charge in [-0.05, 0) is 65.4 Å². The lowest BCUT2D eigenvalue weighted by atomic mass is 10.1. The molecule has 1 fully saturated rings. The molecule has 1 saturated heterocycles. The smallest absolute Gasteiger partial charge is 0.267 e. The number of amidine groups is 1. The van der Waals surface area contributed by atoms with Crippen LogP contribution < -0.4 is 4.90 Å². The number of carbonyl (C=O) groups excluding carboxylic acids is 1. The number of carbonyl (C=O) groups is 1. The Morgan fingerprint density at radius 3 is 2.45 bits per heavy atom. The summed E-state index contributed by atoms with van der Waals surface area (Å²) in [5, 5.41) is 1.34. The fourth-order valence-electron chi connectivity index (χ4n) is 3.22. The Hall–Kier alpha value is -2.80. The quantitative estimate of drug-likeness (QED) is 0.354. The second-order valence-electron chi connectivity index (χ2n) is 7.57. The van der Waals surface area contributed by atoms with E-state index in [9.17, 15) is 9.18 Å². The van der Waals surface area contributed by atoms with Crippen molar-refractivity contribution < 1.29 is 9.18 Å². The lowest BCUT2D eigenvalue weighted by molar-refractivity contribution is -0.122. The minimum atomic E-state index is -0.459. The third kappa shape index (κ3) is 5.41. The number of rotatable bonds is 5. The van der Waals surface area contributed by atoms with E-state index in [-0.39, 0.29) is 18.1 Å². The molecule has 0 aromatic heterocycles. The van der Waals surface area contributed by atoms with Gasteiger partial charge in [0.15, 0.2) is 5.17 Å². The molecule has 33 heavy (non-hydrogen) atoms. The first kappa shape index (κ1) is 23.4. The fourth-order valence-corrected chi connectivity index (χ4v) is 4.68. The van der Waals surface area contributed by atoms with Crippen LogP contribution in [0.25, 0.3) is 6.08 Å². The Kier molecular flexibility index (Phi) is 7.08. The van der Waals surface area contributed by atoms with Crippen molar-refractivity contribution in [1.82, 2.24) is 4.90 Å². The van der Waals surface area contributed by atoms with Gasteiger partial charge in [0.05, 0.1) is 11.4 Å². The highest BCUT2D eigenvalue weighted by molar-refractivity contribution is 8.18. The summed E-state index contributed by atoms with van der Waals surface area (Å²) in [4.78, 5) is 21.8. The van der Waals surface area contributed by atoms with Crippen LogP contribution in [0.2, 0.25) is 10.0 Å².